The van der Waals surface area contributed by atoms with Crippen molar-refractivity contribution < 1.29 is 4.42 Å². The first-order valence-corrected chi connectivity index (χ1v) is 7.61. The van der Waals surface area contributed by atoms with Gasteiger partial charge < -0.3 is 10.2 Å². The minimum atomic E-state index is 0.621. The Hall–Kier alpha value is -1.53. The van der Waals surface area contributed by atoms with Crippen LogP contribution < -0.4 is 5.73 Å². The first-order chi connectivity index (χ1) is 9.54. The van der Waals surface area contributed by atoms with Gasteiger partial charge in [0, 0.05) is 26.6 Å². The summed E-state index contributed by atoms with van der Waals surface area (Å²) in [5.41, 5.74) is 8.47. The summed E-state index contributed by atoms with van der Waals surface area (Å²) in [4.78, 5) is 9.81. The molecule has 0 amide bonds. The minimum absolute atomic E-state index is 0.621. The largest absolute Gasteiger partial charge is 0.436 e. The predicted molar refractivity (Wildman–Crippen MR) is 84.0 cm³/mol. The summed E-state index contributed by atoms with van der Waals surface area (Å²) in [7, 11) is 0. The van der Waals surface area contributed by atoms with Gasteiger partial charge in [-0.15, -0.1) is 0 Å². The summed E-state index contributed by atoms with van der Waals surface area (Å²) in [5, 5.41) is 1.54. The second-order valence-electron chi connectivity index (χ2n) is 4.43. The minimum Gasteiger partial charge on any atom is -0.436 e. The third kappa shape index (κ3) is 2.41. The molecule has 0 atom stereocenters. The van der Waals surface area contributed by atoms with Crippen LogP contribution in [0.25, 0.3) is 10.9 Å². The fourth-order valence-corrected chi connectivity index (χ4v) is 3.12. The number of anilines is 1. The summed E-state index contributed by atoms with van der Waals surface area (Å²) in [6.45, 7) is 3.84. The van der Waals surface area contributed by atoms with E-state index in [4.69, 9.17) is 10.2 Å². The average molecular weight is 350 g/mol. The number of aryl methyl sites for hydroxylation is 2. The number of halogens is 1. The molecule has 4 nitrogen and oxygen atoms in total. The topological polar surface area (TPSA) is 64.9 Å². The molecule has 0 aliphatic heterocycles. The van der Waals surface area contributed by atoms with Crippen molar-refractivity contribution in [3.63, 3.8) is 0 Å². The molecule has 2 heterocycles. The van der Waals surface area contributed by atoms with E-state index >= 15 is 0 Å². The van der Waals surface area contributed by atoms with E-state index in [9.17, 15) is 0 Å². The number of nitrogen functional groups attached to an aromatic ring is 1. The van der Waals surface area contributed by atoms with Crippen LogP contribution in [0.5, 0.6) is 0 Å². The molecule has 2 aromatic heterocycles. The van der Waals surface area contributed by atoms with Crippen LogP contribution in [0.15, 0.2) is 43.4 Å². The van der Waals surface area contributed by atoms with Crippen LogP contribution in [0.1, 0.15) is 11.5 Å². The number of hydrogen-bond donors (Lipinski definition) is 1. The van der Waals surface area contributed by atoms with E-state index in [1.54, 1.807) is 6.20 Å². The Kier molecular flexibility index (Phi) is 3.43. The van der Waals surface area contributed by atoms with Gasteiger partial charge >= 0.3 is 0 Å². The number of fused-ring (bicyclic) bond motifs is 1. The maximum Gasteiger partial charge on any atom is 0.261 e. The van der Waals surface area contributed by atoms with E-state index in [0.717, 1.165) is 31.7 Å². The lowest BCUT2D eigenvalue weighted by atomic mass is 10.2. The summed E-state index contributed by atoms with van der Waals surface area (Å²) in [6, 6.07) is 5.79. The molecule has 0 aliphatic carbocycles. The van der Waals surface area contributed by atoms with E-state index < -0.39 is 0 Å². The van der Waals surface area contributed by atoms with Crippen LogP contribution in [0.2, 0.25) is 0 Å². The van der Waals surface area contributed by atoms with E-state index in [1.807, 2.05) is 32.0 Å². The maximum absolute atomic E-state index is 6.01. The Balaban J connectivity index is 2.10. The Bertz CT molecular complexity index is 781. The molecule has 0 fully saturated rings. The summed E-state index contributed by atoms with van der Waals surface area (Å²) < 4.78 is 6.51. The number of oxazole rings is 1. The lowest BCUT2D eigenvalue weighted by molar-refractivity contribution is 0.431. The van der Waals surface area contributed by atoms with E-state index in [0.29, 0.717) is 10.9 Å². The Morgan fingerprint density at radius 2 is 2.10 bits per heavy atom. The average Bonchev–Trinajstić information content (AvgIpc) is 2.72. The normalized spacial score (nSPS) is 11.2. The molecule has 0 radical (unpaired) electrons. The van der Waals surface area contributed by atoms with Crippen molar-refractivity contribution in [1.29, 1.82) is 0 Å². The van der Waals surface area contributed by atoms with Crippen LogP contribution in [0, 0.1) is 13.8 Å². The summed E-state index contributed by atoms with van der Waals surface area (Å²) >= 11 is 4.87. The highest BCUT2D eigenvalue weighted by atomic mass is 79.9. The van der Waals surface area contributed by atoms with Crippen molar-refractivity contribution in [2.24, 2.45) is 0 Å². The molecule has 3 rings (SSSR count). The first-order valence-electron chi connectivity index (χ1n) is 6.00. The molecule has 0 bridgehead atoms. The van der Waals surface area contributed by atoms with Gasteiger partial charge in [-0.05, 0) is 59.7 Å². The number of nitrogens with zero attached hydrogens (tertiary/aromatic N) is 2. The molecular weight excluding hydrogens is 338 g/mol. The molecule has 1 aromatic carbocycles. The number of rotatable bonds is 2. The van der Waals surface area contributed by atoms with Crippen LogP contribution in [0.4, 0.5) is 5.69 Å². The highest BCUT2D eigenvalue weighted by Crippen LogP contribution is 2.35. The smallest absolute Gasteiger partial charge is 0.261 e. The summed E-state index contributed by atoms with van der Waals surface area (Å²) in [5.74, 6) is 0.836. The number of pyridine rings is 1. The number of benzene rings is 1. The van der Waals surface area contributed by atoms with E-state index in [2.05, 4.69) is 25.9 Å². The second-order valence-corrected chi connectivity index (χ2v) is 6.33. The fraction of sp³-hybridized carbons (Fsp3) is 0.143. The molecule has 0 saturated carbocycles. The molecule has 0 spiro atoms. The van der Waals surface area contributed by atoms with Crippen LogP contribution in [0.3, 0.4) is 0 Å². The van der Waals surface area contributed by atoms with Gasteiger partial charge in [-0.1, -0.05) is 0 Å². The standard InChI is InChI=1S/C14H12BrN3OS/c1-7-8(2)19-14(18-7)20-12-4-3-11(16)10-5-9(15)6-17-13(10)12/h3-6H,16H2,1-2H3. The van der Waals surface area contributed by atoms with Gasteiger partial charge in [0.1, 0.15) is 5.76 Å². The highest BCUT2D eigenvalue weighted by molar-refractivity contribution is 9.10. The highest BCUT2D eigenvalue weighted by Gasteiger charge is 2.12. The quantitative estimate of drug-likeness (QED) is 0.697. The van der Waals surface area contributed by atoms with E-state index in [1.165, 1.54) is 11.8 Å². The Labute approximate surface area is 128 Å². The molecule has 6 heteroatoms. The van der Waals surface area contributed by atoms with Gasteiger partial charge in [-0.2, -0.15) is 0 Å². The van der Waals surface area contributed by atoms with E-state index in [-0.39, 0.29) is 0 Å². The number of hydrogen-bond acceptors (Lipinski definition) is 5. The summed E-state index contributed by atoms with van der Waals surface area (Å²) in [6.07, 6.45) is 1.76. The van der Waals surface area contributed by atoms with Gasteiger partial charge in [-0.3, -0.25) is 4.98 Å². The zero-order valence-electron chi connectivity index (χ0n) is 11.0. The molecule has 2 N–H and O–H groups in total. The van der Waals surface area contributed by atoms with Gasteiger partial charge in [0.05, 0.1) is 11.2 Å². The van der Waals surface area contributed by atoms with Crippen molar-refractivity contribution >= 4 is 44.3 Å². The van der Waals surface area contributed by atoms with Gasteiger partial charge in [0.15, 0.2) is 0 Å². The molecule has 0 unspecified atom stereocenters. The Morgan fingerprint density at radius 3 is 2.80 bits per heavy atom. The molecule has 102 valence electrons. The van der Waals surface area contributed by atoms with Crippen molar-refractivity contribution in [2.75, 3.05) is 5.73 Å². The van der Waals surface area contributed by atoms with Crippen molar-refractivity contribution in [1.82, 2.24) is 9.97 Å². The zero-order chi connectivity index (χ0) is 14.3. The number of aromatic nitrogens is 2. The third-order valence-corrected chi connectivity index (χ3v) is 4.35. The zero-order valence-corrected chi connectivity index (χ0v) is 13.4. The van der Waals surface area contributed by atoms with Crippen LogP contribution >= 0.6 is 27.7 Å². The van der Waals surface area contributed by atoms with Crippen molar-refractivity contribution in [2.45, 2.75) is 24.0 Å². The van der Waals surface area contributed by atoms with Gasteiger partial charge in [-0.25, -0.2) is 4.98 Å². The number of nitrogens with two attached hydrogens (primary N) is 1. The molecule has 0 saturated heterocycles. The first kappa shape index (κ1) is 13.5. The fourth-order valence-electron chi connectivity index (χ4n) is 1.85. The van der Waals surface area contributed by atoms with Crippen LogP contribution in [-0.2, 0) is 0 Å². The van der Waals surface area contributed by atoms with Crippen LogP contribution in [-0.4, -0.2) is 9.97 Å². The predicted octanol–water partition coefficient (Wildman–Crippen LogP) is 4.34. The molecule has 0 aliphatic rings. The van der Waals surface area contributed by atoms with Crippen molar-refractivity contribution in [3.8, 4) is 0 Å². The monoisotopic (exact) mass is 349 g/mol. The second kappa shape index (κ2) is 5.10. The third-order valence-electron chi connectivity index (χ3n) is 3.02. The van der Waals surface area contributed by atoms with Crippen molar-refractivity contribution in [3.05, 3.63) is 40.3 Å². The van der Waals surface area contributed by atoms with Gasteiger partial charge in [0.25, 0.3) is 5.22 Å². The molecule has 3 aromatic rings. The lowest BCUT2D eigenvalue weighted by Gasteiger charge is -2.06. The maximum atomic E-state index is 6.01. The molecular formula is C14H12BrN3OS. The lowest BCUT2D eigenvalue weighted by Crippen LogP contribution is -1.90. The van der Waals surface area contributed by atoms with Gasteiger partial charge in [0.2, 0.25) is 0 Å². The SMILES string of the molecule is Cc1nc(Sc2ccc(N)c3cc(Br)cnc23)oc1C. The Morgan fingerprint density at radius 1 is 1.30 bits per heavy atom. The molecule has 20 heavy (non-hydrogen) atoms.